The highest BCUT2D eigenvalue weighted by Crippen LogP contribution is 2.22. The largest absolute Gasteiger partial charge is 0.381 e. The molecule has 7 nitrogen and oxygen atoms in total. The number of benzene rings is 1. The molecule has 3 rings (SSSR count). The minimum absolute atomic E-state index is 0.129. The van der Waals surface area contributed by atoms with E-state index in [-0.39, 0.29) is 17.7 Å². The molecule has 0 spiro atoms. The van der Waals surface area contributed by atoms with E-state index in [0.29, 0.717) is 35.8 Å². The summed E-state index contributed by atoms with van der Waals surface area (Å²) < 4.78 is 25.5. The van der Waals surface area contributed by atoms with Crippen molar-refractivity contribution in [1.29, 1.82) is 0 Å². The molecule has 1 aromatic carbocycles. The number of piperidine rings is 1. The third-order valence-corrected chi connectivity index (χ3v) is 7.39. The van der Waals surface area contributed by atoms with Crippen LogP contribution in [0.3, 0.4) is 0 Å². The molecule has 1 aliphatic heterocycles. The van der Waals surface area contributed by atoms with E-state index in [9.17, 15) is 13.2 Å². The molecular formula is C21H27ClN4O3S. The summed E-state index contributed by atoms with van der Waals surface area (Å²) in [5, 5.41) is 6.90. The Hall–Kier alpha value is -2.16. The summed E-state index contributed by atoms with van der Waals surface area (Å²) in [4.78, 5) is 16.9. The number of nitrogens with zero attached hydrogens (tertiary/aromatic N) is 2. The normalized spacial score (nSPS) is 15.7. The molecule has 2 aromatic rings. The van der Waals surface area contributed by atoms with E-state index in [1.165, 1.54) is 0 Å². The van der Waals surface area contributed by atoms with Crippen molar-refractivity contribution < 1.29 is 13.2 Å². The maximum absolute atomic E-state index is 12.7. The van der Waals surface area contributed by atoms with Gasteiger partial charge < -0.3 is 10.6 Å². The second-order valence-corrected chi connectivity index (χ2v) is 9.98. The second kappa shape index (κ2) is 9.76. The number of anilines is 2. The summed E-state index contributed by atoms with van der Waals surface area (Å²) in [7, 11) is -3.14. The van der Waals surface area contributed by atoms with Gasteiger partial charge in [-0.2, -0.15) is 0 Å². The van der Waals surface area contributed by atoms with Crippen LogP contribution in [0.1, 0.15) is 42.6 Å². The summed E-state index contributed by atoms with van der Waals surface area (Å²) in [6, 6.07) is 7.23. The summed E-state index contributed by atoms with van der Waals surface area (Å²) >= 11 is 6.03. The van der Waals surface area contributed by atoms with E-state index in [0.717, 1.165) is 24.1 Å². The first-order valence-electron chi connectivity index (χ1n) is 10.1. The SMILES string of the molecule is CCc1cc(Cl)ccc1C(=O)Nc1cncc(NC2CCN(S(=O)(=O)CC)CC2)c1. The maximum atomic E-state index is 12.7. The van der Waals surface area contributed by atoms with E-state index < -0.39 is 10.0 Å². The molecule has 0 radical (unpaired) electrons. The molecule has 1 aromatic heterocycles. The Morgan fingerprint density at radius 3 is 2.53 bits per heavy atom. The number of amides is 1. The van der Waals surface area contributed by atoms with Crippen molar-refractivity contribution in [1.82, 2.24) is 9.29 Å². The average Bonchev–Trinajstić information content (AvgIpc) is 2.74. The Kier molecular flexibility index (Phi) is 7.33. The lowest BCUT2D eigenvalue weighted by Gasteiger charge is -2.31. The van der Waals surface area contributed by atoms with Crippen LogP contribution in [0.2, 0.25) is 5.02 Å². The summed E-state index contributed by atoms with van der Waals surface area (Å²) in [5.41, 5.74) is 2.85. The third kappa shape index (κ3) is 5.50. The van der Waals surface area contributed by atoms with Crippen molar-refractivity contribution in [3.63, 3.8) is 0 Å². The number of nitrogens with one attached hydrogen (secondary N) is 2. The molecule has 2 heterocycles. The molecule has 2 N–H and O–H groups in total. The molecule has 1 aliphatic rings. The van der Waals surface area contributed by atoms with Crippen LogP contribution in [0.15, 0.2) is 36.7 Å². The zero-order valence-electron chi connectivity index (χ0n) is 17.2. The van der Waals surface area contributed by atoms with E-state index in [1.807, 2.05) is 13.0 Å². The average molecular weight is 451 g/mol. The van der Waals surface area contributed by atoms with Crippen LogP contribution in [-0.4, -0.2) is 48.5 Å². The number of carbonyl (C=O) groups is 1. The van der Waals surface area contributed by atoms with Gasteiger partial charge in [-0.3, -0.25) is 9.78 Å². The first kappa shape index (κ1) is 22.5. The monoisotopic (exact) mass is 450 g/mol. The van der Waals surface area contributed by atoms with Crippen molar-refractivity contribution in [3.05, 3.63) is 52.8 Å². The van der Waals surface area contributed by atoms with Gasteiger partial charge in [0.05, 0.1) is 29.5 Å². The van der Waals surface area contributed by atoms with E-state index in [2.05, 4.69) is 15.6 Å². The summed E-state index contributed by atoms with van der Waals surface area (Å²) in [6.45, 7) is 4.66. The van der Waals surface area contributed by atoms with Crippen LogP contribution in [0.5, 0.6) is 0 Å². The lowest BCUT2D eigenvalue weighted by atomic mass is 10.0. The number of aromatic nitrogens is 1. The van der Waals surface area contributed by atoms with Gasteiger partial charge in [0, 0.05) is 29.7 Å². The fourth-order valence-electron chi connectivity index (χ4n) is 3.56. The molecule has 1 amide bonds. The highest BCUT2D eigenvalue weighted by atomic mass is 35.5. The van der Waals surface area contributed by atoms with Gasteiger partial charge in [0.15, 0.2) is 0 Å². The quantitative estimate of drug-likeness (QED) is 0.669. The van der Waals surface area contributed by atoms with Crippen LogP contribution < -0.4 is 10.6 Å². The molecule has 30 heavy (non-hydrogen) atoms. The van der Waals surface area contributed by atoms with Gasteiger partial charge in [-0.1, -0.05) is 18.5 Å². The van der Waals surface area contributed by atoms with Gasteiger partial charge in [0.2, 0.25) is 10.0 Å². The number of hydrogen-bond acceptors (Lipinski definition) is 5. The Balaban J connectivity index is 1.62. The number of carbonyl (C=O) groups excluding carboxylic acids is 1. The first-order valence-corrected chi connectivity index (χ1v) is 12.1. The van der Waals surface area contributed by atoms with Gasteiger partial charge in [0.1, 0.15) is 0 Å². The van der Waals surface area contributed by atoms with Crippen molar-refractivity contribution in [2.45, 2.75) is 39.2 Å². The van der Waals surface area contributed by atoms with Gasteiger partial charge in [-0.25, -0.2) is 12.7 Å². The molecule has 0 saturated carbocycles. The van der Waals surface area contributed by atoms with Crippen molar-refractivity contribution >= 4 is 38.9 Å². The first-order chi connectivity index (χ1) is 14.3. The van der Waals surface area contributed by atoms with Crippen LogP contribution in [0, 0.1) is 0 Å². The summed E-state index contributed by atoms with van der Waals surface area (Å²) in [6.07, 6.45) is 5.45. The molecule has 1 saturated heterocycles. The molecule has 0 bridgehead atoms. The molecule has 162 valence electrons. The number of aryl methyl sites for hydroxylation is 1. The van der Waals surface area contributed by atoms with E-state index in [4.69, 9.17) is 11.6 Å². The van der Waals surface area contributed by atoms with Gasteiger partial charge in [0.25, 0.3) is 5.91 Å². The molecule has 0 atom stereocenters. The lowest BCUT2D eigenvalue weighted by molar-refractivity contribution is 0.102. The van der Waals surface area contributed by atoms with Crippen molar-refractivity contribution in [2.24, 2.45) is 0 Å². The van der Waals surface area contributed by atoms with Gasteiger partial charge in [-0.05, 0) is 56.0 Å². The number of hydrogen-bond donors (Lipinski definition) is 2. The minimum atomic E-state index is -3.14. The van der Waals surface area contributed by atoms with E-state index in [1.54, 1.807) is 41.8 Å². The number of halogens is 1. The smallest absolute Gasteiger partial charge is 0.255 e. The minimum Gasteiger partial charge on any atom is -0.381 e. The molecule has 9 heteroatoms. The van der Waals surface area contributed by atoms with Crippen molar-refractivity contribution in [2.75, 3.05) is 29.5 Å². The standard InChI is InChI=1S/C21H27ClN4O3S/c1-3-15-11-16(22)5-6-20(15)21(27)25-19-12-18(13-23-14-19)24-17-7-9-26(10-8-17)30(28,29)4-2/h5-6,11-14,17,24H,3-4,7-10H2,1-2H3,(H,25,27). The Bertz CT molecular complexity index is 1010. The van der Waals surface area contributed by atoms with Crippen LogP contribution in [0.25, 0.3) is 0 Å². The molecule has 0 aliphatic carbocycles. The van der Waals surface area contributed by atoms with Crippen LogP contribution in [0.4, 0.5) is 11.4 Å². The van der Waals surface area contributed by atoms with Gasteiger partial charge >= 0.3 is 0 Å². The highest BCUT2D eigenvalue weighted by Gasteiger charge is 2.26. The predicted molar refractivity (Wildman–Crippen MR) is 121 cm³/mol. The van der Waals surface area contributed by atoms with Crippen molar-refractivity contribution in [3.8, 4) is 0 Å². The fraction of sp³-hybridized carbons (Fsp3) is 0.429. The third-order valence-electron chi connectivity index (χ3n) is 5.27. The Morgan fingerprint density at radius 2 is 1.87 bits per heavy atom. The van der Waals surface area contributed by atoms with Gasteiger partial charge in [-0.15, -0.1) is 0 Å². The molecule has 1 fully saturated rings. The fourth-order valence-corrected chi connectivity index (χ4v) is 4.89. The molecular weight excluding hydrogens is 424 g/mol. The van der Waals surface area contributed by atoms with Crippen LogP contribution in [-0.2, 0) is 16.4 Å². The van der Waals surface area contributed by atoms with E-state index >= 15 is 0 Å². The molecule has 0 unspecified atom stereocenters. The number of pyridine rings is 1. The predicted octanol–water partition coefficient (Wildman–Crippen LogP) is 3.78. The Morgan fingerprint density at radius 1 is 1.17 bits per heavy atom. The number of sulfonamides is 1. The number of rotatable bonds is 7. The highest BCUT2D eigenvalue weighted by molar-refractivity contribution is 7.89. The Labute approximate surface area is 182 Å². The zero-order chi connectivity index (χ0) is 21.7. The zero-order valence-corrected chi connectivity index (χ0v) is 18.8. The second-order valence-electron chi connectivity index (χ2n) is 7.29. The summed E-state index contributed by atoms with van der Waals surface area (Å²) in [5.74, 6) is -0.0787. The van der Waals surface area contributed by atoms with Crippen LogP contribution >= 0.6 is 11.6 Å². The maximum Gasteiger partial charge on any atom is 0.255 e. The topological polar surface area (TPSA) is 91.4 Å². The lowest BCUT2D eigenvalue weighted by Crippen LogP contribution is -2.42.